The summed E-state index contributed by atoms with van der Waals surface area (Å²) in [6.07, 6.45) is 0. The number of benzene rings is 3. The van der Waals surface area contributed by atoms with Crippen LogP contribution < -0.4 is 9.64 Å². The van der Waals surface area contributed by atoms with Gasteiger partial charge in [-0.15, -0.1) is 0 Å². The highest BCUT2D eigenvalue weighted by Gasteiger charge is 2.39. The van der Waals surface area contributed by atoms with E-state index in [0.29, 0.717) is 6.54 Å². The number of hydrogen-bond donors (Lipinski definition) is 0. The molecule has 0 spiro atoms. The van der Waals surface area contributed by atoms with Crippen LogP contribution in [0.15, 0.2) is 66.7 Å². The normalized spacial score (nSPS) is 10.8. The van der Waals surface area contributed by atoms with Gasteiger partial charge in [0.25, 0.3) is 5.91 Å². The van der Waals surface area contributed by atoms with Gasteiger partial charge in [-0.3, -0.25) is 29.9 Å². The third-order valence-electron chi connectivity index (χ3n) is 5.55. The van der Waals surface area contributed by atoms with Crippen molar-refractivity contribution in [2.24, 2.45) is 0 Å². The lowest BCUT2D eigenvalue weighted by Gasteiger charge is -2.24. The number of halogens is 1. The number of anilines is 2. The number of carbonyl (C=O) groups excluding carboxylic acids is 1. The second-order valence-electron chi connectivity index (χ2n) is 7.64. The van der Waals surface area contributed by atoms with Crippen molar-refractivity contribution in [2.45, 2.75) is 13.8 Å². The van der Waals surface area contributed by atoms with Crippen molar-refractivity contribution in [3.63, 3.8) is 0 Å². The molecule has 0 aliphatic heterocycles. The molecule has 1 amide bonds. The van der Waals surface area contributed by atoms with Gasteiger partial charge in [-0.05, 0) is 37.4 Å². The van der Waals surface area contributed by atoms with Gasteiger partial charge in [0.05, 0.1) is 14.9 Å². The summed E-state index contributed by atoms with van der Waals surface area (Å²) in [5.41, 5.74) is -1.61. The summed E-state index contributed by atoms with van der Waals surface area (Å²) in [5, 5.41) is 24.2. The summed E-state index contributed by atoms with van der Waals surface area (Å²) >= 11 is 6.27. The number of likely N-dealkylation sites (N-methyl/N-ethyl adjacent to an activating group) is 1. The Hall–Kier alpha value is -4.02. The maximum absolute atomic E-state index is 13.7. The fourth-order valence-corrected chi connectivity index (χ4v) is 3.96. The number of amides is 1. The molecule has 0 aliphatic rings. The average Bonchev–Trinajstić information content (AvgIpc) is 2.88. The number of nitro groups is 2. The van der Waals surface area contributed by atoms with Crippen LogP contribution in [0.4, 0.5) is 22.7 Å². The number of hydrogen-bond acceptors (Lipinski definition) is 7. The maximum atomic E-state index is 13.7. The van der Waals surface area contributed by atoms with Crippen molar-refractivity contribution in [3.8, 4) is 5.75 Å². The van der Waals surface area contributed by atoms with E-state index >= 15 is 0 Å². The second-order valence-corrected chi connectivity index (χ2v) is 8.04. The number of rotatable bonds is 11. The molecule has 3 rings (SSSR count). The van der Waals surface area contributed by atoms with Crippen LogP contribution in [0.5, 0.6) is 5.75 Å². The lowest BCUT2D eigenvalue weighted by Crippen LogP contribution is -2.29. The molecule has 10 nitrogen and oxygen atoms in total. The number of nitrogens with zero attached hydrogens (tertiary/aromatic N) is 4. The van der Waals surface area contributed by atoms with Crippen LogP contribution in [0.1, 0.15) is 24.2 Å². The van der Waals surface area contributed by atoms with Crippen molar-refractivity contribution in [1.29, 1.82) is 0 Å². The van der Waals surface area contributed by atoms with Crippen LogP contribution in [-0.2, 0) is 0 Å². The van der Waals surface area contributed by atoms with E-state index in [-0.39, 0.29) is 28.6 Å². The molecule has 0 N–H and O–H groups in total. The van der Waals surface area contributed by atoms with Crippen LogP contribution in [-0.4, -0.2) is 46.9 Å². The van der Waals surface area contributed by atoms with E-state index in [1.165, 1.54) is 24.3 Å². The highest BCUT2D eigenvalue weighted by Crippen LogP contribution is 2.50. The van der Waals surface area contributed by atoms with E-state index in [1.54, 1.807) is 36.4 Å². The topological polar surface area (TPSA) is 119 Å². The lowest BCUT2D eigenvalue weighted by molar-refractivity contribution is -0.393. The molecule has 0 bridgehead atoms. The molecule has 0 aromatic heterocycles. The van der Waals surface area contributed by atoms with E-state index in [1.807, 2.05) is 18.7 Å². The van der Waals surface area contributed by atoms with Gasteiger partial charge in [-0.25, -0.2) is 0 Å². The largest absolute Gasteiger partial charge is 0.484 e. The Morgan fingerprint density at radius 1 is 0.944 bits per heavy atom. The SMILES string of the molecule is CCN(CC)CCOc1c(Cl)cc([N+](=O)[O-])c(N(C(=O)c2ccccc2)c2ccccc2)c1[N+](=O)[O-]. The quantitative estimate of drug-likeness (QED) is 0.233. The Bertz CT molecular complexity index is 1240. The zero-order chi connectivity index (χ0) is 26.2. The van der Waals surface area contributed by atoms with Crippen LogP contribution in [0.25, 0.3) is 0 Å². The first-order valence-corrected chi connectivity index (χ1v) is 11.6. The Kier molecular flexibility index (Phi) is 8.93. The number of ether oxygens (including phenoxy) is 1. The van der Waals surface area contributed by atoms with Gasteiger partial charge < -0.3 is 9.64 Å². The smallest absolute Gasteiger partial charge is 0.343 e. The van der Waals surface area contributed by atoms with Crippen LogP contribution in [0.3, 0.4) is 0 Å². The molecule has 3 aromatic rings. The predicted molar refractivity (Wildman–Crippen MR) is 137 cm³/mol. The van der Waals surface area contributed by atoms with Crippen LogP contribution in [0.2, 0.25) is 5.02 Å². The Balaban J connectivity index is 2.27. The van der Waals surface area contributed by atoms with Gasteiger partial charge in [0.15, 0.2) is 0 Å². The summed E-state index contributed by atoms with van der Waals surface area (Å²) in [7, 11) is 0. The minimum absolute atomic E-state index is 0.0530. The van der Waals surface area contributed by atoms with E-state index in [9.17, 15) is 25.0 Å². The van der Waals surface area contributed by atoms with Gasteiger partial charge in [-0.2, -0.15) is 0 Å². The number of carbonyl (C=O) groups is 1. The van der Waals surface area contributed by atoms with Gasteiger partial charge in [0, 0.05) is 23.9 Å². The first-order chi connectivity index (χ1) is 17.3. The molecule has 0 radical (unpaired) electrons. The second kappa shape index (κ2) is 12.1. The molecule has 0 aliphatic carbocycles. The first kappa shape index (κ1) is 26.6. The zero-order valence-corrected chi connectivity index (χ0v) is 20.6. The fraction of sp³-hybridized carbons (Fsp3) is 0.240. The molecule has 3 aromatic carbocycles. The molecule has 11 heteroatoms. The summed E-state index contributed by atoms with van der Waals surface area (Å²) < 4.78 is 5.73. The summed E-state index contributed by atoms with van der Waals surface area (Å²) in [4.78, 5) is 39.5. The first-order valence-electron chi connectivity index (χ1n) is 11.2. The Labute approximate surface area is 213 Å². The molecule has 36 heavy (non-hydrogen) atoms. The summed E-state index contributed by atoms with van der Waals surface area (Å²) in [6.45, 7) is 5.93. The zero-order valence-electron chi connectivity index (χ0n) is 19.8. The van der Waals surface area contributed by atoms with Gasteiger partial charge in [0.1, 0.15) is 6.61 Å². The Morgan fingerprint density at radius 2 is 1.53 bits per heavy atom. The molecule has 0 atom stereocenters. The fourth-order valence-electron chi connectivity index (χ4n) is 3.71. The summed E-state index contributed by atoms with van der Waals surface area (Å²) in [6, 6.07) is 17.0. The molecule has 0 saturated carbocycles. The minimum Gasteiger partial charge on any atom is -0.484 e. The average molecular weight is 513 g/mol. The van der Waals surface area contributed by atoms with E-state index in [0.717, 1.165) is 24.1 Å². The molecular weight excluding hydrogens is 488 g/mol. The van der Waals surface area contributed by atoms with Crippen molar-refractivity contribution in [2.75, 3.05) is 31.1 Å². The van der Waals surface area contributed by atoms with Gasteiger partial charge in [-0.1, -0.05) is 61.8 Å². The molecule has 188 valence electrons. The predicted octanol–water partition coefficient (Wildman–Crippen LogP) is 5.86. The van der Waals surface area contributed by atoms with E-state index < -0.39 is 32.8 Å². The lowest BCUT2D eigenvalue weighted by atomic mass is 10.1. The monoisotopic (exact) mass is 512 g/mol. The number of nitro benzene ring substituents is 2. The standard InChI is InChI=1S/C25H25ClN4O6/c1-3-27(4-2)15-16-36-24-20(26)17-21(29(32)33)22(23(24)30(34)35)28(19-13-9-6-10-14-19)25(31)18-11-7-5-8-12-18/h5-14,17H,3-4,15-16H2,1-2H3. The van der Waals surface area contributed by atoms with Crippen molar-refractivity contribution >= 4 is 40.3 Å². The molecule has 0 saturated heterocycles. The van der Waals surface area contributed by atoms with Crippen LogP contribution in [0, 0.1) is 20.2 Å². The third kappa shape index (κ3) is 5.78. The van der Waals surface area contributed by atoms with E-state index in [4.69, 9.17) is 16.3 Å². The molecule has 0 fully saturated rings. The Morgan fingerprint density at radius 3 is 2.06 bits per heavy atom. The third-order valence-corrected chi connectivity index (χ3v) is 5.83. The van der Waals surface area contributed by atoms with Gasteiger partial charge in [0.2, 0.25) is 11.4 Å². The molecule has 0 heterocycles. The van der Waals surface area contributed by atoms with E-state index in [2.05, 4.69) is 0 Å². The van der Waals surface area contributed by atoms with Gasteiger partial charge >= 0.3 is 11.4 Å². The van der Waals surface area contributed by atoms with Crippen molar-refractivity contribution < 1.29 is 19.4 Å². The molecular formula is C25H25ClN4O6. The van der Waals surface area contributed by atoms with Crippen LogP contribution >= 0.6 is 11.6 Å². The number of para-hydroxylation sites is 1. The maximum Gasteiger partial charge on any atom is 0.343 e. The summed E-state index contributed by atoms with van der Waals surface area (Å²) in [5.74, 6) is -1.03. The van der Waals surface area contributed by atoms with Crippen molar-refractivity contribution in [3.05, 3.63) is 97.5 Å². The van der Waals surface area contributed by atoms with Crippen molar-refractivity contribution in [1.82, 2.24) is 4.90 Å². The minimum atomic E-state index is -0.810. The highest BCUT2D eigenvalue weighted by molar-refractivity contribution is 6.33. The highest BCUT2D eigenvalue weighted by atomic mass is 35.5. The molecule has 0 unspecified atom stereocenters.